The van der Waals surface area contributed by atoms with Crippen molar-refractivity contribution < 1.29 is 14.3 Å². The third-order valence-electron chi connectivity index (χ3n) is 3.49. The molecule has 0 radical (unpaired) electrons. The third kappa shape index (κ3) is 6.03. The van der Waals surface area contributed by atoms with Gasteiger partial charge in [-0.15, -0.1) is 0 Å². The van der Waals surface area contributed by atoms with Gasteiger partial charge in [-0.2, -0.15) is 0 Å². The van der Waals surface area contributed by atoms with Crippen molar-refractivity contribution >= 4 is 11.7 Å². The van der Waals surface area contributed by atoms with Crippen molar-refractivity contribution in [3.05, 3.63) is 53.6 Å². The summed E-state index contributed by atoms with van der Waals surface area (Å²) in [6.07, 6.45) is 0.0389. The smallest absolute Gasteiger partial charge is 0.319 e. The van der Waals surface area contributed by atoms with E-state index in [2.05, 4.69) is 10.6 Å². The lowest BCUT2D eigenvalue weighted by Gasteiger charge is -2.15. The number of rotatable bonds is 7. The molecule has 0 aliphatic carbocycles. The Hall–Kier alpha value is -2.69. The van der Waals surface area contributed by atoms with E-state index in [0.717, 1.165) is 16.9 Å². The summed E-state index contributed by atoms with van der Waals surface area (Å²) in [6.45, 7) is 8.73. The number of hydrogen-bond acceptors (Lipinski definition) is 3. The first kappa shape index (κ1) is 18.6. The van der Waals surface area contributed by atoms with E-state index in [0.29, 0.717) is 24.6 Å². The summed E-state index contributed by atoms with van der Waals surface area (Å²) < 4.78 is 11.4. The molecule has 0 bridgehead atoms. The topological polar surface area (TPSA) is 59.6 Å². The number of hydrogen-bond donors (Lipinski definition) is 2. The van der Waals surface area contributed by atoms with Gasteiger partial charge in [-0.3, -0.25) is 0 Å². The number of ether oxygens (including phenoxy) is 2. The van der Waals surface area contributed by atoms with E-state index >= 15 is 0 Å². The van der Waals surface area contributed by atoms with Crippen molar-refractivity contribution in [2.75, 3.05) is 18.5 Å². The van der Waals surface area contributed by atoms with Crippen molar-refractivity contribution in [2.45, 2.75) is 33.8 Å². The standard InChI is InChI=1S/C20H26N2O3/c1-14(2)25-18-8-6-5-7-17(18)22-20(23)21-11-12-24-19-13-15(3)9-10-16(19)4/h5-10,13-14H,11-12H2,1-4H3,(H2,21,22,23). The Morgan fingerprint density at radius 1 is 1.08 bits per heavy atom. The molecule has 0 aliphatic rings. The molecule has 5 nitrogen and oxygen atoms in total. The summed E-state index contributed by atoms with van der Waals surface area (Å²) >= 11 is 0. The van der Waals surface area contributed by atoms with E-state index in [1.807, 2.05) is 70.2 Å². The number of carbonyl (C=O) groups is 1. The average Bonchev–Trinajstić information content (AvgIpc) is 2.56. The summed E-state index contributed by atoms with van der Waals surface area (Å²) in [6, 6.07) is 13.1. The molecule has 0 aliphatic heterocycles. The van der Waals surface area contributed by atoms with Crippen LogP contribution in [0.2, 0.25) is 0 Å². The maximum Gasteiger partial charge on any atom is 0.319 e. The van der Waals surface area contributed by atoms with Gasteiger partial charge in [0.1, 0.15) is 18.1 Å². The molecule has 2 aromatic rings. The van der Waals surface area contributed by atoms with Crippen LogP contribution in [0.15, 0.2) is 42.5 Å². The number of nitrogens with one attached hydrogen (secondary N) is 2. The molecule has 2 amide bonds. The third-order valence-corrected chi connectivity index (χ3v) is 3.49. The van der Waals surface area contributed by atoms with E-state index in [1.165, 1.54) is 0 Å². The first-order valence-corrected chi connectivity index (χ1v) is 8.46. The molecule has 0 unspecified atom stereocenters. The zero-order valence-electron chi connectivity index (χ0n) is 15.3. The van der Waals surface area contributed by atoms with Crippen molar-refractivity contribution in [1.82, 2.24) is 5.32 Å². The molecule has 0 fully saturated rings. The van der Waals surface area contributed by atoms with Gasteiger partial charge in [-0.25, -0.2) is 4.79 Å². The molecular formula is C20H26N2O3. The van der Waals surface area contributed by atoms with Crippen LogP contribution >= 0.6 is 0 Å². The molecule has 0 saturated carbocycles. The Morgan fingerprint density at radius 2 is 1.84 bits per heavy atom. The predicted octanol–water partition coefficient (Wildman–Crippen LogP) is 4.29. The summed E-state index contributed by atoms with van der Waals surface area (Å²) in [5.41, 5.74) is 2.87. The Labute approximate surface area is 149 Å². The molecular weight excluding hydrogens is 316 g/mol. The number of carbonyl (C=O) groups excluding carboxylic acids is 1. The average molecular weight is 342 g/mol. The van der Waals surface area contributed by atoms with Crippen LogP contribution in [0.25, 0.3) is 0 Å². The minimum atomic E-state index is -0.288. The second-order valence-corrected chi connectivity index (χ2v) is 6.16. The predicted molar refractivity (Wildman–Crippen MR) is 101 cm³/mol. The fourth-order valence-corrected chi connectivity index (χ4v) is 2.28. The van der Waals surface area contributed by atoms with E-state index in [1.54, 1.807) is 0 Å². The van der Waals surface area contributed by atoms with Crippen molar-refractivity contribution in [1.29, 1.82) is 0 Å². The normalized spacial score (nSPS) is 10.4. The second-order valence-electron chi connectivity index (χ2n) is 6.16. The summed E-state index contributed by atoms with van der Waals surface area (Å²) in [7, 11) is 0. The number of anilines is 1. The highest BCUT2D eigenvalue weighted by atomic mass is 16.5. The van der Waals surface area contributed by atoms with Crippen LogP contribution in [-0.2, 0) is 0 Å². The highest BCUT2D eigenvalue weighted by Crippen LogP contribution is 2.24. The molecule has 25 heavy (non-hydrogen) atoms. The van der Waals surface area contributed by atoms with Gasteiger partial charge < -0.3 is 20.1 Å². The molecule has 5 heteroatoms. The minimum absolute atomic E-state index is 0.0389. The van der Waals surface area contributed by atoms with Gasteiger partial charge in [0.2, 0.25) is 0 Å². The van der Waals surface area contributed by atoms with Crippen LogP contribution in [-0.4, -0.2) is 25.3 Å². The van der Waals surface area contributed by atoms with E-state index in [-0.39, 0.29) is 12.1 Å². The monoisotopic (exact) mass is 342 g/mol. The van der Waals surface area contributed by atoms with Crippen LogP contribution in [0.5, 0.6) is 11.5 Å². The lowest BCUT2D eigenvalue weighted by molar-refractivity contribution is 0.240. The lowest BCUT2D eigenvalue weighted by Crippen LogP contribution is -2.32. The zero-order valence-corrected chi connectivity index (χ0v) is 15.3. The van der Waals surface area contributed by atoms with Crippen LogP contribution in [0.1, 0.15) is 25.0 Å². The van der Waals surface area contributed by atoms with Gasteiger partial charge in [0, 0.05) is 0 Å². The number of aryl methyl sites for hydroxylation is 2. The van der Waals surface area contributed by atoms with Gasteiger partial charge in [0.15, 0.2) is 0 Å². The van der Waals surface area contributed by atoms with Crippen molar-refractivity contribution in [3.8, 4) is 11.5 Å². The highest BCUT2D eigenvalue weighted by Gasteiger charge is 2.08. The Bertz CT molecular complexity index is 714. The quantitative estimate of drug-likeness (QED) is 0.738. The maximum atomic E-state index is 12.0. The Kier molecular flexibility index (Phi) is 6.69. The zero-order chi connectivity index (χ0) is 18.2. The van der Waals surface area contributed by atoms with Crippen molar-refractivity contribution in [3.63, 3.8) is 0 Å². The highest BCUT2D eigenvalue weighted by molar-refractivity contribution is 5.90. The van der Waals surface area contributed by atoms with E-state index in [9.17, 15) is 4.79 Å². The lowest BCUT2D eigenvalue weighted by atomic mass is 10.1. The number of benzene rings is 2. The van der Waals surface area contributed by atoms with Gasteiger partial charge in [-0.1, -0.05) is 24.3 Å². The summed E-state index contributed by atoms with van der Waals surface area (Å²) in [5, 5.41) is 5.59. The summed E-state index contributed by atoms with van der Waals surface area (Å²) in [4.78, 5) is 12.0. The Balaban J connectivity index is 1.80. The van der Waals surface area contributed by atoms with Gasteiger partial charge >= 0.3 is 6.03 Å². The maximum absolute atomic E-state index is 12.0. The van der Waals surface area contributed by atoms with Crippen LogP contribution < -0.4 is 20.1 Å². The second kappa shape index (κ2) is 8.97. The molecule has 0 saturated heterocycles. The largest absolute Gasteiger partial charge is 0.491 e. The molecule has 0 heterocycles. The number of para-hydroxylation sites is 2. The van der Waals surface area contributed by atoms with Gasteiger partial charge in [0.25, 0.3) is 0 Å². The van der Waals surface area contributed by atoms with Crippen LogP contribution in [0, 0.1) is 13.8 Å². The molecule has 2 rings (SSSR count). The van der Waals surface area contributed by atoms with Gasteiger partial charge in [-0.05, 0) is 57.0 Å². The summed E-state index contributed by atoms with van der Waals surface area (Å²) in [5.74, 6) is 1.50. The molecule has 2 aromatic carbocycles. The molecule has 0 aromatic heterocycles. The van der Waals surface area contributed by atoms with Crippen molar-refractivity contribution in [2.24, 2.45) is 0 Å². The first-order chi connectivity index (χ1) is 12.0. The van der Waals surface area contributed by atoms with E-state index in [4.69, 9.17) is 9.47 Å². The van der Waals surface area contributed by atoms with Crippen LogP contribution in [0.4, 0.5) is 10.5 Å². The van der Waals surface area contributed by atoms with E-state index < -0.39 is 0 Å². The minimum Gasteiger partial charge on any atom is -0.491 e. The first-order valence-electron chi connectivity index (χ1n) is 8.46. The fourth-order valence-electron chi connectivity index (χ4n) is 2.28. The molecule has 0 atom stereocenters. The number of urea groups is 1. The van der Waals surface area contributed by atoms with Gasteiger partial charge in [0.05, 0.1) is 18.3 Å². The molecule has 2 N–H and O–H groups in total. The van der Waals surface area contributed by atoms with Crippen LogP contribution in [0.3, 0.4) is 0 Å². The molecule has 134 valence electrons. The SMILES string of the molecule is Cc1ccc(C)c(OCCNC(=O)Nc2ccccc2OC(C)C)c1. The molecule has 0 spiro atoms. The fraction of sp³-hybridized carbons (Fsp3) is 0.350. The number of amides is 2. The Morgan fingerprint density at radius 3 is 2.60 bits per heavy atom.